The smallest absolute Gasteiger partial charge is 0.254 e. The van der Waals surface area contributed by atoms with Crippen molar-refractivity contribution in [1.29, 1.82) is 0 Å². The number of aromatic nitrogens is 3. The number of nitrogens with zero attached hydrogens (tertiary/aromatic N) is 3. The summed E-state index contributed by atoms with van der Waals surface area (Å²) in [5, 5.41) is 6.85. The third-order valence-corrected chi connectivity index (χ3v) is 2.50. The molecule has 5 heteroatoms. The van der Waals surface area contributed by atoms with Crippen LogP contribution in [0.1, 0.15) is 28.9 Å². The molecule has 0 saturated heterocycles. The van der Waals surface area contributed by atoms with Crippen molar-refractivity contribution in [3.63, 3.8) is 0 Å². The first-order valence-corrected chi connectivity index (χ1v) is 5.36. The summed E-state index contributed by atoms with van der Waals surface area (Å²) in [5.41, 5.74) is 1.54. The summed E-state index contributed by atoms with van der Waals surface area (Å²) in [7, 11) is 1.78. The lowest BCUT2D eigenvalue weighted by molar-refractivity contribution is 0.0940. The predicted octanol–water partition coefficient (Wildman–Crippen LogP) is 1.31. The highest BCUT2D eigenvalue weighted by molar-refractivity contribution is 5.93. The van der Waals surface area contributed by atoms with Crippen molar-refractivity contribution in [2.45, 2.75) is 13.0 Å². The van der Waals surface area contributed by atoms with E-state index in [-0.39, 0.29) is 11.9 Å². The van der Waals surface area contributed by atoms with Crippen LogP contribution in [0.5, 0.6) is 0 Å². The largest absolute Gasteiger partial charge is 0.345 e. The van der Waals surface area contributed by atoms with E-state index in [1.54, 1.807) is 36.5 Å². The summed E-state index contributed by atoms with van der Waals surface area (Å²) in [6.07, 6.45) is 6.68. The van der Waals surface area contributed by atoms with Gasteiger partial charge in [0, 0.05) is 25.6 Å². The van der Waals surface area contributed by atoms with Gasteiger partial charge in [-0.3, -0.25) is 14.5 Å². The lowest BCUT2D eigenvalue weighted by Crippen LogP contribution is -2.26. The van der Waals surface area contributed by atoms with Crippen molar-refractivity contribution in [2.24, 2.45) is 7.05 Å². The number of amides is 1. The van der Waals surface area contributed by atoms with E-state index in [4.69, 9.17) is 0 Å². The van der Waals surface area contributed by atoms with Crippen LogP contribution in [0, 0.1) is 0 Å². The van der Waals surface area contributed by atoms with Crippen molar-refractivity contribution >= 4 is 5.91 Å². The second kappa shape index (κ2) is 4.78. The van der Waals surface area contributed by atoms with Gasteiger partial charge in [0.2, 0.25) is 0 Å². The van der Waals surface area contributed by atoms with Gasteiger partial charge in [0.25, 0.3) is 5.91 Å². The zero-order valence-corrected chi connectivity index (χ0v) is 9.79. The summed E-state index contributed by atoms with van der Waals surface area (Å²) in [4.78, 5) is 15.9. The van der Waals surface area contributed by atoms with Crippen molar-refractivity contribution in [2.75, 3.05) is 0 Å². The standard InChI is InChI=1S/C12H14N4O/c1-9(10-4-3-5-13-6-10)15-12(17)11-7-14-16(2)8-11/h3-9H,1-2H3,(H,15,17). The third-order valence-electron chi connectivity index (χ3n) is 2.50. The predicted molar refractivity (Wildman–Crippen MR) is 63.3 cm³/mol. The van der Waals surface area contributed by atoms with E-state index in [1.165, 1.54) is 0 Å². The lowest BCUT2D eigenvalue weighted by Gasteiger charge is -2.12. The van der Waals surface area contributed by atoms with Crippen LogP contribution in [-0.4, -0.2) is 20.7 Å². The van der Waals surface area contributed by atoms with E-state index in [0.29, 0.717) is 5.56 Å². The molecule has 17 heavy (non-hydrogen) atoms. The molecule has 0 aliphatic heterocycles. The molecule has 1 amide bonds. The first kappa shape index (κ1) is 11.3. The second-order valence-corrected chi connectivity index (χ2v) is 3.88. The molecular weight excluding hydrogens is 216 g/mol. The van der Waals surface area contributed by atoms with E-state index in [9.17, 15) is 4.79 Å². The average molecular weight is 230 g/mol. The summed E-state index contributed by atoms with van der Waals surface area (Å²) < 4.78 is 1.60. The number of hydrogen-bond acceptors (Lipinski definition) is 3. The zero-order valence-electron chi connectivity index (χ0n) is 9.79. The van der Waals surface area contributed by atoms with Gasteiger partial charge < -0.3 is 5.32 Å². The average Bonchev–Trinajstić information content (AvgIpc) is 2.77. The first-order valence-electron chi connectivity index (χ1n) is 5.36. The fourth-order valence-electron chi connectivity index (χ4n) is 1.53. The van der Waals surface area contributed by atoms with Crippen LogP contribution >= 0.6 is 0 Å². The SMILES string of the molecule is CC(NC(=O)c1cnn(C)c1)c1cccnc1. The van der Waals surface area contributed by atoms with Gasteiger partial charge >= 0.3 is 0 Å². The van der Waals surface area contributed by atoms with Crippen LogP contribution in [0.2, 0.25) is 0 Å². The van der Waals surface area contributed by atoms with Crippen LogP contribution in [-0.2, 0) is 7.05 Å². The van der Waals surface area contributed by atoms with Gasteiger partial charge in [-0.2, -0.15) is 5.10 Å². The maximum atomic E-state index is 11.9. The molecule has 2 heterocycles. The van der Waals surface area contributed by atoms with Crippen LogP contribution in [0.3, 0.4) is 0 Å². The number of rotatable bonds is 3. The molecule has 1 unspecified atom stereocenters. The Morgan fingerprint density at radius 2 is 2.29 bits per heavy atom. The maximum absolute atomic E-state index is 11.9. The minimum Gasteiger partial charge on any atom is -0.345 e. The quantitative estimate of drug-likeness (QED) is 0.864. The molecule has 0 radical (unpaired) electrons. The van der Waals surface area contributed by atoms with Crippen molar-refractivity contribution in [3.8, 4) is 0 Å². The van der Waals surface area contributed by atoms with Crippen LogP contribution in [0.4, 0.5) is 0 Å². The number of carbonyl (C=O) groups is 1. The molecule has 0 aliphatic rings. The Bertz CT molecular complexity index is 506. The molecule has 0 bridgehead atoms. The zero-order chi connectivity index (χ0) is 12.3. The minimum atomic E-state index is -0.130. The Balaban J connectivity index is 2.04. The van der Waals surface area contributed by atoms with Crippen molar-refractivity contribution in [1.82, 2.24) is 20.1 Å². The molecule has 5 nitrogen and oxygen atoms in total. The van der Waals surface area contributed by atoms with Gasteiger partial charge in [0.1, 0.15) is 0 Å². The van der Waals surface area contributed by atoms with Gasteiger partial charge in [-0.15, -0.1) is 0 Å². The molecule has 1 N–H and O–H groups in total. The first-order chi connectivity index (χ1) is 8.16. The van der Waals surface area contributed by atoms with Gasteiger partial charge in [0.05, 0.1) is 17.8 Å². The van der Waals surface area contributed by atoms with Crippen molar-refractivity contribution < 1.29 is 4.79 Å². The summed E-state index contributed by atoms with van der Waals surface area (Å²) in [6, 6.07) is 3.71. The maximum Gasteiger partial charge on any atom is 0.254 e. The third kappa shape index (κ3) is 2.69. The fraction of sp³-hybridized carbons (Fsp3) is 0.250. The molecule has 88 valence electrons. The Morgan fingerprint density at radius 3 is 2.88 bits per heavy atom. The van der Waals surface area contributed by atoms with E-state index in [2.05, 4.69) is 15.4 Å². The van der Waals surface area contributed by atoms with Gasteiger partial charge in [-0.1, -0.05) is 6.07 Å². The Morgan fingerprint density at radius 1 is 1.47 bits per heavy atom. The number of nitrogens with one attached hydrogen (secondary N) is 1. The highest BCUT2D eigenvalue weighted by Gasteiger charge is 2.12. The van der Waals surface area contributed by atoms with E-state index in [0.717, 1.165) is 5.56 Å². The van der Waals surface area contributed by atoms with Gasteiger partial charge in [-0.05, 0) is 18.6 Å². The number of carbonyl (C=O) groups excluding carboxylic acids is 1. The summed E-state index contributed by atoms with van der Waals surface area (Å²) in [5.74, 6) is -0.130. The minimum absolute atomic E-state index is 0.0728. The monoisotopic (exact) mass is 230 g/mol. The van der Waals surface area contributed by atoms with Gasteiger partial charge in [-0.25, -0.2) is 0 Å². The molecular formula is C12H14N4O. The topological polar surface area (TPSA) is 59.8 Å². The number of aryl methyl sites for hydroxylation is 1. The fourth-order valence-corrected chi connectivity index (χ4v) is 1.53. The summed E-state index contributed by atoms with van der Waals surface area (Å²) in [6.45, 7) is 1.92. The number of pyridine rings is 1. The molecule has 0 spiro atoms. The molecule has 0 aromatic carbocycles. The molecule has 0 aliphatic carbocycles. The lowest BCUT2D eigenvalue weighted by atomic mass is 10.1. The van der Waals surface area contributed by atoms with Crippen LogP contribution in [0.25, 0.3) is 0 Å². The highest BCUT2D eigenvalue weighted by atomic mass is 16.1. The van der Waals surface area contributed by atoms with Crippen LogP contribution in [0.15, 0.2) is 36.9 Å². The second-order valence-electron chi connectivity index (χ2n) is 3.88. The van der Waals surface area contributed by atoms with Gasteiger partial charge in [0.15, 0.2) is 0 Å². The Labute approximate surface area is 99.5 Å². The number of hydrogen-bond donors (Lipinski definition) is 1. The molecule has 2 aromatic rings. The van der Waals surface area contributed by atoms with Crippen LogP contribution < -0.4 is 5.32 Å². The summed E-state index contributed by atoms with van der Waals surface area (Å²) >= 11 is 0. The van der Waals surface area contributed by atoms with E-state index >= 15 is 0 Å². The molecule has 0 saturated carbocycles. The molecule has 0 fully saturated rings. The van der Waals surface area contributed by atoms with E-state index < -0.39 is 0 Å². The molecule has 1 atom stereocenters. The normalized spacial score (nSPS) is 12.1. The highest BCUT2D eigenvalue weighted by Crippen LogP contribution is 2.10. The van der Waals surface area contributed by atoms with E-state index in [1.807, 2.05) is 19.1 Å². The van der Waals surface area contributed by atoms with Crippen molar-refractivity contribution in [3.05, 3.63) is 48.0 Å². The Kier molecular flexibility index (Phi) is 3.18. The Hall–Kier alpha value is -2.17. The molecule has 2 aromatic heterocycles. The molecule has 2 rings (SSSR count).